The number of carbonyl (C=O) groups excluding carboxylic acids is 1. The standard InChI is InChI=1S/C17H17ClN2O3S/c18-13-5-3-11(4-6-13)16-19-14(10-24-16)8-15(21)20-7-1-2-12(9-20)17(22)23/h3-6,10,12H,1-2,7-9H2,(H,22,23)/t12-/m1/s1. The van der Waals surface area contributed by atoms with Crippen LogP contribution >= 0.6 is 22.9 Å². The van der Waals surface area contributed by atoms with Gasteiger partial charge in [-0.25, -0.2) is 4.98 Å². The fourth-order valence-corrected chi connectivity index (χ4v) is 3.74. The number of hydrogen-bond acceptors (Lipinski definition) is 4. The number of aromatic nitrogens is 1. The topological polar surface area (TPSA) is 70.5 Å². The van der Waals surface area contributed by atoms with Gasteiger partial charge in [0, 0.05) is 29.1 Å². The van der Waals surface area contributed by atoms with Gasteiger partial charge in [-0.1, -0.05) is 23.7 Å². The fraction of sp³-hybridized carbons (Fsp3) is 0.353. The Morgan fingerprint density at radius 1 is 1.33 bits per heavy atom. The van der Waals surface area contributed by atoms with Crippen molar-refractivity contribution < 1.29 is 14.7 Å². The molecule has 5 nitrogen and oxygen atoms in total. The first kappa shape index (κ1) is 16.9. The Kier molecular flexibility index (Phi) is 5.16. The van der Waals surface area contributed by atoms with Crippen LogP contribution in [0.15, 0.2) is 29.6 Å². The van der Waals surface area contributed by atoms with Crippen LogP contribution in [0.5, 0.6) is 0 Å². The maximum absolute atomic E-state index is 12.4. The minimum Gasteiger partial charge on any atom is -0.481 e. The second-order valence-electron chi connectivity index (χ2n) is 5.84. The number of rotatable bonds is 4. The van der Waals surface area contributed by atoms with Gasteiger partial charge in [0.2, 0.25) is 5.91 Å². The highest BCUT2D eigenvalue weighted by Crippen LogP contribution is 2.26. The first-order chi connectivity index (χ1) is 11.5. The van der Waals surface area contributed by atoms with E-state index in [0.29, 0.717) is 30.2 Å². The molecule has 1 aliphatic heterocycles. The summed E-state index contributed by atoms with van der Waals surface area (Å²) in [5.74, 6) is -1.34. The molecule has 7 heteroatoms. The Bertz CT molecular complexity index is 745. The zero-order valence-electron chi connectivity index (χ0n) is 12.9. The summed E-state index contributed by atoms with van der Waals surface area (Å²) < 4.78 is 0. The van der Waals surface area contributed by atoms with Crippen LogP contribution in [0.3, 0.4) is 0 Å². The number of thiazole rings is 1. The molecule has 0 spiro atoms. The van der Waals surface area contributed by atoms with Gasteiger partial charge < -0.3 is 10.0 Å². The van der Waals surface area contributed by atoms with Gasteiger partial charge in [-0.15, -0.1) is 11.3 Å². The van der Waals surface area contributed by atoms with Crippen LogP contribution in [-0.2, 0) is 16.0 Å². The molecule has 2 heterocycles. The molecular formula is C17H17ClN2O3S. The number of piperidine rings is 1. The van der Waals surface area contributed by atoms with Gasteiger partial charge in [0.15, 0.2) is 0 Å². The first-order valence-corrected chi connectivity index (χ1v) is 8.99. The lowest BCUT2D eigenvalue weighted by molar-refractivity contribution is -0.145. The van der Waals surface area contributed by atoms with Gasteiger partial charge in [-0.05, 0) is 25.0 Å². The number of likely N-dealkylation sites (tertiary alicyclic amines) is 1. The van der Waals surface area contributed by atoms with E-state index in [9.17, 15) is 9.59 Å². The lowest BCUT2D eigenvalue weighted by atomic mass is 9.98. The molecule has 1 aliphatic rings. The second kappa shape index (κ2) is 7.32. The maximum atomic E-state index is 12.4. The van der Waals surface area contributed by atoms with Crippen molar-refractivity contribution in [3.8, 4) is 10.6 Å². The van der Waals surface area contributed by atoms with Crippen molar-refractivity contribution in [3.63, 3.8) is 0 Å². The van der Waals surface area contributed by atoms with E-state index in [4.69, 9.17) is 16.7 Å². The van der Waals surface area contributed by atoms with Crippen molar-refractivity contribution in [2.75, 3.05) is 13.1 Å². The molecule has 3 rings (SSSR count). The fourth-order valence-electron chi connectivity index (χ4n) is 2.79. The molecule has 1 saturated heterocycles. The van der Waals surface area contributed by atoms with E-state index >= 15 is 0 Å². The van der Waals surface area contributed by atoms with Crippen LogP contribution in [0.2, 0.25) is 5.02 Å². The summed E-state index contributed by atoms with van der Waals surface area (Å²) in [5, 5.41) is 12.5. The number of benzene rings is 1. The average molecular weight is 365 g/mol. The van der Waals surface area contributed by atoms with Crippen LogP contribution in [0, 0.1) is 5.92 Å². The molecule has 24 heavy (non-hydrogen) atoms. The molecule has 0 saturated carbocycles. The van der Waals surface area contributed by atoms with Gasteiger partial charge in [0.05, 0.1) is 18.0 Å². The molecule has 1 amide bonds. The van der Waals surface area contributed by atoms with Crippen molar-refractivity contribution in [2.45, 2.75) is 19.3 Å². The number of nitrogens with zero attached hydrogens (tertiary/aromatic N) is 2. The van der Waals surface area contributed by atoms with E-state index in [-0.39, 0.29) is 12.3 Å². The van der Waals surface area contributed by atoms with Crippen LogP contribution in [0.1, 0.15) is 18.5 Å². The van der Waals surface area contributed by atoms with E-state index in [1.165, 1.54) is 11.3 Å². The molecule has 0 unspecified atom stereocenters. The molecule has 126 valence electrons. The van der Waals surface area contributed by atoms with E-state index < -0.39 is 11.9 Å². The summed E-state index contributed by atoms with van der Waals surface area (Å²) >= 11 is 7.37. The van der Waals surface area contributed by atoms with Crippen LogP contribution in [-0.4, -0.2) is 40.0 Å². The van der Waals surface area contributed by atoms with Gasteiger partial charge in [0.25, 0.3) is 0 Å². The smallest absolute Gasteiger partial charge is 0.308 e. The third-order valence-electron chi connectivity index (χ3n) is 4.10. The molecule has 1 aromatic carbocycles. The monoisotopic (exact) mass is 364 g/mol. The summed E-state index contributed by atoms with van der Waals surface area (Å²) in [5.41, 5.74) is 1.68. The molecule has 1 N–H and O–H groups in total. The van der Waals surface area contributed by atoms with Crippen molar-refractivity contribution in [2.24, 2.45) is 5.92 Å². The Morgan fingerprint density at radius 3 is 2.79 bits per heavy atom. The zero-order chi connectivity index (χ0) is 17.1. The largest absolute Gasteiger partial charge is 0.481 e. The number of carboxylic acids is 1. The van der Waals surface area contributed by atoms with Gasteiger partial charge in [-0.2, -0.15) is 0 Å². The quantitative estimate of drug-likeness (QED) is 0.903. The zero-order valence-corrected chi connectivity index (χ0v) is 14.5. The number of carbonyl (C=O) groups is 2. The molecule has 1 fully saturated rings. The summed E-state index contributed by atoms with van der Waals surface area (Å²) in [4.78, 5) is 29.7. The minimum absolute atomic E-state index is 0.0612. The highest BCUT2D eigenvalue weighted by Gasteiger charge is 2.28. The van der Waals surface area contributed by atoms with Crippen molar-refractivity contribution in [1.82, 2.24) is 9.88 Å². The highest BCUT2D eigenvalue weighted by atomic mass is 35.5. The van der Waals surface area contributed by atoms with Gasteiger partial charge in [0.1, 0.15) is 5.01 Å². The molecule has 2 aromatic rings. The lowest BCUT2D eigenvalue weighted by Gasteiger charge is -2.30. The summed E-state index contributed by atoms with van der Waals surface area (Å²) in [6, 6.07) is 7.41. The lowest BCUT2D eigenvalue weighted by Crippen LogP contribution is -2.43. The Labute approximate surface area is 148 Å². The Balaban J connectivity index is 1.65. The van der Waals surface area contributed by atoms with E-state index in [2.05, 4.69) is 4.98 Å². The SMILES string of the molecule is O=C(O)[C@@H]1CCCN(C(=O)Cc2csc(-c3ccc(Cl)cc3)n2)C1. The Morgan fingerprint density at radius 2 is 2.08 bits per heavy atom. The number of hydrogen-bond donors (Lipinski definition) is 1. The molecular weight excluding hydrogens is 348 g/mol. The Hall–Kier alpha value is -1.92. The molecule has 1 aromatic heterocycles. The summed E-state index contributed by atoms with van der Waals surface area (Å²) in [6.45, 7) is 0.916. The summed E-state index contributed by atoms with van der Waals surface area (Å²) in [6.07, 6.45) is 1.57. The number of amides is 1. The molecule has 0 radical (unpaired) electrons. The second-order valence-corrected chi connectivity index (χ2v) is 7.14. The van der Waals surface area contributed by atoms with Gasteiger partial charge in [-0.3, -0.25) is 9.59 Å². The van der Waals surface area contributed by atoms with Crippen LogP contribution < -0.4 is 0 Å². The summed E-state index contributed by atoms with van der Waals surface area (Å²) in [7, 11) is 0. The van der Waals surface area contributed by atoms with Crippen LogP contribution in [0.4, 0.5) is 0 Å². The molecule has 1 atom stereocenters. The van der Waals surface area contributed by atoms with Crippen molar-refractivity contribution >= 4 is 34.8 Å². The normalized spacial score (nSPS) is 17.7. The third kappa shape index (κ3) is 3.94. The minimum atomic E-state index is -0.828. The number of carboxylic acid groups (broad SMARTS) is 1. The first-order valence-electron chi connectivity index (χ1n) is 7.74. The van der Waals surface area contributed by atoms with E-state index in [1.54, 1.807) is 4.90 Å². The van der Waals surface area contributed by atoms with Crippen molar-refractivity contribution in [3.05, 3.63) is 40.4 Å². The van der Waals surface area contributed by atoms with Crippen LogP contribution in [0.25, 0.3) is 10.6 Å². The third-order valence-corrected chi connectivity index (χ3v) is 5.29. The van der Waals surface area contributed by atoms with E-state index in [0.717, 1.165) is 17.0 Å². The predicted octanol–water partition coefficient (Wildman–Crippen LogP) is 3.33. The average Bonchev–Trinajstić information content (AvgIpc) is 3.04. The number of aliphatic carboxylic acids is 1. The number of halogens is 1. The van der Waals surface area contributed by atoms with E-state index in [1.807, 2.05) is 29.6 Å². The predicted molar refractivity (Wildman–Crippen MR) is 93.2 cm³/mol. The highest BCUT2D eigenvalue weighted by molar-refractivity contribution is 7.13. The van der Waals surface area contributed by atoms with Crippen molar-refractivity contribution in [1.29, 1.82) is 0 Å². The molecule has 0 bridgehead atoms. The van der Waals surface area contributed by atoms with Gasteiger partial charge >= 0.3 is 5.97 Å². The maximum Gasteiger partial charge on any atom is 0.308 e. The molecule has 0 aliphatic carbocycles.